The van der Waals surface area contributed by atoms with Gasteiger partial charge in [0.25, 0.3) is 0 Å². The van der Waals surface area contributed by atoms with E-state index in [0.717, 1.165) is 31.1 Å². The largest absolute Gasteiger partial charge is 0.375 e. The highest BCUT2D eigenvalue weighted by atomic mass is 79.9. The van der Waals surface area contributed by atoms with Gasteiger partial charge in [0, 0.05) is 24.5 Å². The number of halogens is 1. The minimum atomic E-state index is 0.422. The van der Waals surface area contributed by atoms with Gasteiger partial charge in [-0.15, -0.1) is 0 Å². The molecule has 2 aliphatic rings. The minimum absolute atomic E-state index is 0.422. The highest BCUT2D eigenvalue weighted by molar-refractivity contribution is 9.09. The molecule has 0 aromatic carbocycles. The molecule has 0 N–H and O–H groups in total. The van der Waals surface area contributed by atoms with Crippen molar-refractivity contribution in [3.63, 3.8) is 0 Å². The average molecular weight is 262 g/mol. The van der Waals surface area contributed by atoms with Crippen LogP contribution in [-0.4, -0.2) is 42.1 Å². The minimum Gasteiger partial charge on any atom is -0.375 e. The van der Waals surface area contributed by atoms with Gasteiger partial charge in [-0.1, -0.05) is 35.2 Å². The maximum absolute atomic E-state index is 5.66. The van der Waals surface area contributed by atoms with E-state index < -0.39 is 0 Å². The summed E-state index contributed by atoms with van der Waals surface area (Å²) in [6.45, 7) is 3.21. The van der Waals surface area contributed by atoms with Gasteiger partial charge >= 0.3 is 0 Å². The number of hydrogen-bond donors (Lipinski definition) is 0. The lowest BCUT2D eigenvalue weighted by molar-refractivity contribution is -0.0365. The van der Waals surface area contributed by atoms with E-state index in [4.69, 9.17) is 4.74 Å². The monoisotopic (exact) mass is 261 g/mol. The van der Waals surface area contributed by atoms with Crippen molar-refractivity contribution in [2.45, 2.75) is 44.2 Å². The summed E-state index contributed by atoms with van der Waals surface area (Å²) in [5.74, 6) is 0. The molecule has 1 atom stereocenters. The van der Waals surface area contributed by atoms with E-state index in [1.54, 1.807) is 0 Å². The van der Waals surface area contributed by atoms with Gasteiger partial charge in [0.2, 0.25) is 0 Å². The van der Waals surface area contributed by atoms with Crippen LogP contribution in [0, 0.1) is 0 Å². The first kappa shape index (κ1) is 10.9. The van der Waals surface area contributed by atoms with Gasteiger partial charge in [0.05, 0.1) is 12.7 Å². The Morgan fingerprint density at radius 3 is 2.71 bits per heavy atom. The van der Waals surface area contributed by atoms with Crippen molar-refractivity contribution in [3.8, 4) is 0 Å². The molecular formula is C11H20BrNO. The van der Waals surface area contributed by atoms with E-state index in [-0.39, 0.29) is 0 Å². The van der Waals surface area contributed by atoms with Gasteiger partial charge in [-0.3, -0.25) is 4.90 Å². The molecule has 2 fully saturated rings. The third kappa shape index (κ3) is 2.71. The zero-order valence-electron chi connectivity index (χ0n) is 8.75. The first-order valence-corrected chi connectivity index (χ1v) is 6.94. The summed E-state index contributed by atoms with van der Waals surface area (Å²) in [6.07, 6.45) is 7.56. The SMILES string of the molecule is BrCC1CN(C2CCCCC2)CCO1. The highest BCUT2D eigenvalue weighted by Crippen LogP contribution is 2.24. The Morgan fingerprint density at radius 2 is 2.00 bits per heavy atom. The molecule has 1 saturated carbocycles. The van der Waals surface area contributed by atoms with Gasteiger partial charge in [-0.2, -0.15) is 0 Å². The molecule has 1 heterocycles. The standard InChI is InChI=1S/C11H20BrNO/c12-8-11-9-13(6-7-14-11)10-4-2-1-3-5-10/h10-11H,1-9H2. The van der Waals surface area contributed by atoms with Gasteiger partial charge in [0.1, 0.15) is 0 Å². The highest BCUT2D eigenvalue weighted by Gasteiger charge is 2.26. The average Bonchev–Trinajstić information content (AvgIpc) is 2.30. The quantitative estimate of drug-likeness (QED) is 0.709. The Morgan fingerprint density at radius 1 is 1.21 bits per heavy atom. The fraction of sp³-hybridized carbons (Fsp3) is 1.00. The molecule has 0 spiro atoms. The van der Waals surface area contributed by atoms with Crippen LogP contribution in [0.15, 0.2) is 0 Å². The Balaban J connectivity index is 1.83. The van der Waals surface area contributed by atoms with E-state index in [1.807, 2.05) is 0 Å². The third-order valence-electron chi connectivity index (χ3n) is 3.43. The Hall–Kier alpha value is 0.400. The Labute approximate surface area is 95.1 Å². The number of morpholine rings is 1. The summed E-state index contributed by atoms with van der Waals surface area (Å²) >= 11 is 3.51. The smallest absolute Gasteiger partial charge is 0.0799 e. The summed E-state index contributed by atoms with van der Waals surface area (Å²) in [7, 11) is 0. The number of rotatable bonds is 2. The van der Waals surface area contributed by atoms with Crippen molar-refractivity contribution in [3.05, 3.63) is 0 Å². The summed E-state index contributed by atoms with van der Waals surface area (Å²) in [6, 6.07) is 0.856. The molecule has 82 valence electrons. The number of ether oxygens (including phenoxy) is 1. The molecule has 2 rings (SSSR count). The number of hydrogen-bond acceptors (Lipinski definition) is 2. The first-order chi connectivity index (χ1) is 6.90. The van der Waals surface area contributed by atoms with Crippen LogP contribution in [0.2, 0.25) is 0 Å². The van der Waals surface area contributed by atoms with E-state index in [9.17, 15) is 0 Å². The van der Waals surface area contributed by atoms with E-state index in [1.165, 1.54) is 32.1 Å². The van der Waals surface area contributed by atoms with Crippen molar-refractivity contribution in [1.82, 2.24) is 4.90 Å². The molecule has 1 unspecified atom stereocenters. The van der Waals surface area contributed by atoms with E-state index in [0.29, 0.717) is 6.10 Å². The fourth-order valence-corrected chi connectivity index (χ4v) is 3.01. The van der Waals surface area contributed by atoms with Crippen LogP contribution in [0.4, 0.5) is 0 Å². The summed E-state index contributed by atoms with van der Waals surface area (Å²) in [5.41, 5.74) is 0. The van der Waals surface area contributed by atoms with Crippen LogP contribution in [0.5, 0.6) is 0 Å². The summed E-state index contributed by atoms with van der Waals surface area (Å²) < 4.78 is 5.66. The van der Waals surface area contributed by atoms with Crippen LogP contribution >= 0.6 is 15.9 Å². The van der Waals surface area contributed by atoms with Crippen molar-refractivity contribution < 1.29 is 4.74 Å². The van der Waals surface area contributed by atoms with Gasteiger partial charge in [0.15, 0.2) is 0 Å². The maximum Gasteiger partial charge on any atom is 0.0799 e. The predicted molar refractivity (Wildman–Crippen MR) is 62.0 cm³/mol. The fourth-order valence-electron chi connectivity index (χ4n) is 2.61. The maximum atomic E-state index is 5.66. The van der Waals surface area contributed by atoms with Crippen LogP contribution in [0.25, 0.3) is 0 Å². The second kappa shape index (κ2) is 5.47. The van der Waals surface area contributed by atoms with Gasteiger partial charge < -0.3 is 4.74 Å². The molecule has 1 aliphatic carbocycles. The zero-order chi connectivity index (χ0) is 9.80. The van der Waals surface area contributed by atoms with Gasteiger partial charge in [-0.25, -0.2) is 0 Å². The molecule has 0 amide bonds. The van der Waals surface area contributed by atoms with E-state index >= 15 is 0 Å². The lowest BCUT2D eigenvalue weighted by Crippen LogP contribution is -2.48. The second-order valence-electron chi connectivity index (χ2n) is 4.43. The lowest BCUT2D eigenvalue weighted by Gasteiger charge is -2.39. The molecule has 0 aromatic rings. The van der Waals surface area contributed by atoms with Crippen molar-refractivity contribution in [1.29, 1.82) is 0 Å². The molecule has 3 heteroatoms. The Bertz CT molecular complexity index is 171. The zero-order valence-corrected chi connectivity index (χ0v) is 10.3. The molecule has 0 bridgehead atoms. The number of alkyl halides is 1. The third-order valence-corrected chi connectivity index (χ3v) is 4.16. The molecule has 2 nitrogen and oxygen atoms in total. The first-order valence-electron chi connectivity index (χ1n) is 5.82. The van der Waals surface area contributed by atoms with Crippen LogP contribution in [0.1, 0.15) is 32.1 Å². The molecule has 14 heavy (non-hydrogen) atoms. The topological polar surface area (TPSA) is 12.5 Å². The van der Waals surface area contributed by atoms with Crippen LogP contribution in [-0.2, 0) is 4.74 Å². The Kier molecular flexibility index (Phi) is 4.26. The summed E-state index contributed by atoms with van der Waals surface area (Å²) in [4.78, 5) is 2.65. The van der Waals surface area contributed by atoms with Crippen LogP contribution < -0.4 is 0 Å². The second-order valence-corrected chi connectivity index (χ2v) is 5.08. The van der Waals surface area contributed by atoms with Crippen LogP contribution in [0.3, 0.4) is 0 Å². The summed E-state index contributed by atoms with van der Waals surface area (Å²) in [5, 5.41) is 0.982. The molecule has 0 aromatic heterocycles. The molecule has 1 aliphatic heterocycles. The van der Waals surface area contributed by atoms with E-state index in [2.05, 4.69) is 20.8 Å². The molecule has 0 radical (unpaired) electrons. The number of nitrogens with zero attached hydrogens (tertiary/aromatic N) is 1. The van der Waals surface area contributed by atoms with Gasteiger partial charge in [-0.05, 0) is 12.8 Å². The van der Waals surface area contributed by atoms with Crippen molar-refractivity contribution in [2.75, 3.05) is 25.0 Å². The predicted octanol–water partition coefficient (Wildman–Crippen LogP) is 2.41. The molecular weight excluding hydrogens is 242 g/mol. The lowest BCUT2D eigenvalue weighted by atomic mass is 9.94. The molecule has 1 saturated heterocycles. The van der Waals surface area contributed by atoms with Crippen molar-refractivity contribution in [2.24, 2.45) is 0 Å². The normalized spacial score (nSPS) is 31.9. The van der Waals surface area contributed by atoms with Crippen molar-refractivity contribution >= 4 is 15.9 Å².